The first kappa shape index (κ1) is 11.5. The second-order valence-corrected chi connectivity index (χ2v) is 4.82. The van der Waals surface area contributed by atoms with E-state index in [1.807, 2.05) is 31.2 Å². The maximum atomic E-state index is 5.20. The Labute approximate surface area is 105 Å². The van der Waals surface area contributed by atoms with Gasteiger partial charge >= 0.3 is 0 Å². The van der Waals surface area contributed by atoms with Crippen LogP contribution in [0, 0.1) is 6.92 Å². The molecule has 0 N–H and O–H groups in total. The molecule has 0 radical (unpaired) electrons. The molecule has 0 saturated heterocycles. The van der Waals surface area contributed by atoms with Crippen molar-refractivity contribution in [3.8, 4) is 16.3 Å². The van der Waals surface area contributed by atoms with Crippen molar-refractivity contribution in [3.63, 3.8) is 0 Å². The van der Waals surface area contributed by atoms with Gasteiger partial charge in [-0.1, -0.05) is 12.1 Å². The lowest BCUT2D eigenvalue weighted by Crippen LogP contribution is -1.83. The van der Waals surface area contributed by atoms with Crippen LogP contribution < -0.4 is 4.74 Å². The van der Waals surface area contributed by atoms with Crippen LogP contribution in [0.1, 0.15) is 10.6 Å². The van der Waals surface area contributed by atoms with Gasteiger partial charge < -0.3 is 4.74 Å². The first-order chi connectivity index (χ1) is 7.74. The van der Waals surface area contributed by atoms with E-state index in [4.69, 9.17) is 4.74 Å². The molecule has 2 aromatic rings. The molecule has 0 bridgehead atoms. The first-order valence-corrected chi connectivity index (χ1v) is 6.41. The van der Waals surface area contributed by atoms with E-state index in [1.165, 1.54) is 4.88 Å². The lowest BCUT2D eigenvalue weighted by Gasteiger charge is -2.00. The Bertz CT molecular complexity index is 494. The summed E-state index contributed by atoms with van der Waals surface area (Å²) in [6.07, 6.45) is 0. The molecule has 0 aliphatic carbocycles. The quantitative estimate of drug-likeness (QED) is 0.843. The number of aryl methyl sites for hydroxylation is 1. The number of hydrogen-bond donors (Lipinski definition) is 1. The average Bonchev–Trinajstić information content (AvgIpc) is 2.71. The molecule has 0 aliphatic heterocycles. The summed E-state index contributed by atoms with van der Waals surface area (Å²) >= 11 is 5.98. The molecule has 0 aliphatic rings. The van der Waals surface area contributed by atoms with Crippen LogP contribution in [-0.2, 0) is 5.75 Å². The van der Waals surface area contributed by atoms with Gasteiger partial charge in [-0.3, -0.25) is 0 Å². The third-order valence-electron chi connectivity index (χ3n) is 2.35. The average molecular weight is 251 g/mol. The third kappa shape index (κ3) is 2.23. The zero-order chi connectivity index (χ0) is 11.5. The Kier molecular flexibility index (Phi) is 3.51. The molecule has 4 heteroatoms. The van der Waals surface area contributed by atoms with E-state index in [-0.39, 0.29) is 0 Å². The van der Waals surface area contributed by atoms with E-state index in [0.29, 0.717) is 0 Å². The minimum Gasteiger partial charge on any atom is -0.497 e. The van der Waals surface area contributed by atoms with Crippen molar-refractivity contribution in [3.05, 3.63) is 34.8 Å². The number of nitrogens with zero attached hydrogens (tertiary/aromatic N) is 1. The number of ether oxygens (including phenoxy) is 1. The van der Waals surface area contributed by atoms with Gasteiger partial charge in [0.25, 0.3) is 0 Å². The van der Waals surface area contributed by atoms with Crippen molar-refractivity contribution in [2.75, 3.05) is 7.11 Å². The number of thiol groups is 1. The molecule has 1 aromatic heterocycles. The van der Waals surface area contributed by atoms with E-state index in [1.54, 1.807) is 18.4 Å². The van der Waals surface area contributed by atoms with Gasteiger partial charge in [0.1, 0.15) is 10.8 Å². The van der Waals surface area contributed by atoms with Crippen molar-refractivity contribution >= 4 is 24.0 Å². The molecule has 0 atom stereocenters. The molecule has 0 saturated carbocycles. The van der Waals surface area contributed by atoms with E-state index < -0.39 is 0 Å². The molecule has 2 nitrogen and oxygen atoms in total. The third-order valence-corrected chi connectivity index (χ3v) is 4.09. The second-order valence-electron chi connectivity index (χ2n) is 3.42. The van der Waals surface area contributed by atoms with Crippen LogP contribution in [0.3, 0.4) is 0 Å². The summed E-state index contributed by atoms with van der Waals surface area (Å²) in [7, 11) is 1.67. The van der Waals surface area contributed by atoms with Gasteiger partial charge in [-0.05, 0) is 19.1 Å². The molecule has 1 heterocycles. The summed E-state index contributed by atoms with van der Waals surface area (Å²) in [6, 6.07) is 7.96. The van der Waals surface area contributed by atoms with Gasteiger partial charge in [-0.15, -0.1) is 11.3 Å². The van der Waals surface area contributed by atoms with Crippen LogP contribution in [0.5, 0.6) is 5.75 Å². The van der Waals surface area contributed by atoms with E-state index in [0.717, 1.165) is 27.8 Å². The Morgan fingerprint density at radius 2 is 2.25 bits per heavy atom. The zero-order valence-corrected chi connectivity index (χ0v) is 10.9. The van der Waals surface area contributed by atoms with Crippen molar-refractivity contribution in [1.82, 2.24) is 4.98 Å². The Hall–Kier alpha value is -1.000. The highest BCUT2D eigenvalue weighted by Crippen LogP contribution is 2.30. The van der Waals surface area contributed by atoms with Crippen molar-refractivity contribution < 1.29 is 4.74 Å². The van der Waals surface area contributed by atoms with Crippen LogP contribution in [-0.4, -0.2) is 12.1 Å². The Morgan fingerprint density at radius 1 is 1.44 bits per heavy atom. The zero-order valence-electron chi connectivity index (χ0n) is 9.23. The largest absolute Gasteiger partial charge is 0.497 e. The van der Waals surface area contributed by atoms with Crippen LogP contribution >= 0.6 is 24.0 Å². The summed E-state index contributed by atoms with van der Waals surface area (Å²) in [5.41, 5.74) is 2.17. The number of aromatic nitrogens is 1. The highest BCUT2D eigenvalue weighted by atomic mass is 32.1. The monoisotopic (exact) mass is 251 g/mol. The second kappa shape index (κ2) is 4.89. The summed E-state index contributed by atoms with van der Waals surface area (Å²) in [5.74, 6) is 1.60. The van der Waals surface area contributed by atoms with Crippen molar-refractivity contribution in [1.29, 1.82) is 0 Å². The molecular weight excluding hydrogens is 238 g/mol. The molecule has 1 aromatic carbocycles. The lowest BCUT2D eigenvalue weighted by molar-refractivity contribution is 0.415. The fourth-order valence-electron chi connectivity index (χ4n) is 1.45. The topological polar surface area (TPSA) is 22.1 Å². The Balaban J connectivity index is 2.41. The van der Waals surface area contributed by atoms with Crippen molar-refractivity contribution in [2.45, 2.75) is 12.7 Å². The number of methoxy groups -OCH3 is 1. The summed E-state index contributed by atoms with van der Waals surface area (Å²) in [4.78, 5) is 5.76. The summed E-state index contributed by atoms with van der Waals surface area (Å²) < 4.78 is 5.20. The molecule has 84 valence electrons. The normalized spacial score (nSPS) is 10.4. The molecule has 0 spiro atoms. The highest BCUT2D eigenvalue weighted by molar-refractivity contribution is 7.79. The van der Waals surface area contributed by atoms with E-state index in [9.17, 15) is 0 Å². The number of hydrogen-bond acceptors (Lipinski definition) is 4. The SMILES string of the molecule is COc1cccc(-c2nc(C)c(CS)s2)c1. The molecule has 2 rings (SSSR count). The molecule has 0 amide bonds. The number of rotatable bonds is 3. The van der Waals surface area contributed by atoms with E-state index in [2.05, 4.69) is 17.6 Å². The molecule has 0 unspecified atom stereocenters. The fourth-order valence-corrected chi connectivity index (χ4v) is 2.80. The minimum atomic E-state index is 0.744. The molecular formula is C12H13NOS2. The van der Waals surface area contributed by atoms with Gasteiger partial charge in [-0.25, -0.2) is 4.98 Å². The van der Waals surface area contributed by atoms with Crippen LogP contribution in [0.4, 0.5) is 0 Å². The first-order valence-electron chi connectivity index (χ1n) is 4.96. The minimum absolute atomic E-state index is 0.744. The summed E-state index contributed by atoms with van der Waals surface area (Å²) in [6.45, 7) is 2.02. The van der Waals surface area contributed by atoms with Gasteiger partial charge in [0.15, 0.2) is 0 Å². The van der Waals surface area contributed by atoms with Crippen LogP contribution in [0.25, 0.3) is 10.6 Å². The maximum Gasteiger partial charge on any atom is 0.124 e. The standard InChI is InChI=1S/C12H13NOS2/c1-8-11(7-15)16-12(13-8)9-4-3-5-10(6-9)14-2/h3-6,15H,7H2,1-2H3. The van der Waals surface area contributed by atoms with Gasteiger partial charge in [0.2, 0.25) is 0 Å². The summed E-state index contributed by atoms with van der Waals surface area (Å²) in [5, 5.41) is 1.03. The molecule has 0 fully saturated rings. The Morgan fingerprint density at radius 3 is 2.88 bits per heavy atom. The fraction of sp³-hybridized carbons (Fsp3) is 0.250. The molecule has 16 heavy (non-hydrogen) atoms. The van der Waals surface area contributed by atoms with E-state index >= 15 is 0 Å². The van der Waals surface area contributed by atoms with Gasteiger partial charge in [-0.2, -0.15) is 12.6 Å². The lowest BCUT2D eigenvalue weighted by atomic mass is 10.2. The smallest absolute Gasteiger partial charge is 0.124 e. The highest BCUT2D eigenvalue weighted by Gasteiger charge is 2.08. The predicted molar refractivity (Wildman–Crippen MR) is 71.5 cm³/mol. The predicted octanol–water partition coefficient (Wildman–Crippen LogP) is 3.56. The van der Waals surface area contributed by atoms with Crippen molar-refractivity contribution in [2.24, 2.45) is 0 Å². The number of benzene rings is 1. The van der Waals surface area contributed by atoms with Gasteiger partial charge in [0.05, 0.1) is 12.8 Å². The van der Waals surface area contributed by atoms with Gasteiger partial charge in [0, 0.05) is 16.2 Å². The van der Waals surface area contributed by atoms with Crippen LogP contribution in [0.15, 0.2) is 24.3 Å². The van der Waals surface area contributed by atoms with Crippen LogP contribution in [0.2, 0.25) is 0 Å². The number of thiazole rings is 1. The maximum absolute atomic E-state index is 5.20.